The molecule has 3 N–H and O–H groups in total. The second-order valence-corrected chi connectivity index (χ2v) is 5.46. The quantitative estimate of drug-likeness (QED) is 0.864. The van der Waals surface area contributed by atoms with Gasteiger partial charge in [0.2, 0.25) is 0 Å². The van der Waals surface area contributed by atoms with Gasteiger partial charge in [0.1, 0.15) is 5.82 Å². The minimum Gasteiger partial charge on any atom is -0.392 e. The molecular weight excluding hydrogens is 229 g/mol. The Morgan fingerprint density at radius 2 is 2.00 bits per heavy atom. The number of rotatable bonds is 4. The summed E-state index contributed by atoms with van der Waals surface area (Å²) in [6.07, 6.45) is 3.02. The highest BCUT2D eigenvalue weighted by Crippen LogP contribution is 2.38. The van der Waals surface area contributed by atoms with E-state index in [9.17, 15) is 9.50 Å². The second kappa shape index (κ2) is 5.81. The highest BCUT2D eigenvalue weighted by Gasteiger charge is 2.34. The molecule has 0 spiro atoms. The summed E-state index contributed by atoms with van der Waals surface area (Å²) in [5, 5.41) is 10.5. The first-order valence-electron chi connectivity index (χ1n) is 6.77. The first kappa shape index (κ1) is 13.5. The molecule has 1 aromatic carbocycles. The second-order valence-electron chi connectivity index (χ2n) is 5.46. The molecule has 18 heavy (non-hydrogen) atoms. The number of benzene rings is 1. The van der Waals surface area contributed by atoms with Crippen LogP contribution in [-0.2, 0) is 0 Å². The van der Waals surface area contributed by atoms with Crippen molar-refractivity contribution in [1.29, 1.82) is 0 Å². The van der Waals surface area contributed by atoms with Gasteiger partial charge in [-0.3, -0.25) is 0 Å². The van der Waals surface area contributed by atoms with Crippen molar-refractivity contribution >= 4 is 0 Å². The first-order valence-corrected chi connectivity index (χ1v) is 6.77. The van der Waals surface area contributed by atoms with E-state index in [1.807, 2.05) is 0 Å². The molecule has 0 amide bonds. The number of halogens is 1. The predicted molar refractivity (Wildman–Crippen MR) is 70.7 cm³/mol. The molecule has 4 unspecified atom stereocenters. The van der Waals surface area contributed by atoms with Crippen LogP contribution in [0.25, 0.3) is 0 Å². The highest BCUT2D eigenvalue weighted by atomic mass is 19.1. The van der Waals surface area contributed by atoms with Gasteiger partial charge in [0, 0.05) is 12.5 Å². The van der Waals surface area contributed by atoms with E-state index >= 15 is 0 Å². The van der Waals surface area contributed by atoms with Crippen molar-refractivity contribution in [1.82, 2.24) is 0 Å². The van der Waals surface area contributed by atoms with E-state index in [-0.39, 0.29) is 11.7 Å². The van der Waals surface area contributed by atoms with E-state index in [4.69, 9.17) is 5.73 Å². The third-order valence-electron chi connectivity index (χ3n) is 4.33. The van der Waals surface area contributed by atoms with Crippen LogP contribution in [0.4, 0.5) is 4.39 Å². The molecule has 0 aliphatic heterocycles. The Bertz CT molecular complexity index is 379. The van der Waals surface area contributed by atoms with Crippen LogP contribution < -0.4 is 5.73 Å². The zero-order valence-corrected chi connectivity index (χ0v) is 10.8. The summed E-state index contributed by atoms with van der Waals surface area (Å²) in [4.78, 5) is 0. The Morgan fingerprint density at radius 3 is 2.50 bits per heavy atom. The SMILES string of the molecule is CC1CCCC1C(O)C(CN)c1ccc(F)cc1. The lowest BCUT2D eigenvalue weighted by Crippen LogP contribution is -2.33. The molecule has 3 heteroatoms. The summed E-state index contributed by atoms with van der Waals surface area (Å²) in [5.74, 6) is 0.535. The molecular formula is C15H22FNO. The van der Waals surface area contributed by atoms with Crippen LogP contribution in [0.1, 0.15) is 37.7 Å². The number of hydrogen-bond donors (Lipinski definition) is 2. The van der Waals surface area contributed by atoms with Gasteiger partial charge < -0.3 is 10.8 Å². The number of hydrogen-bond acceptors (Lipinski definition) is 2. The molecule has 0 bridgehead atoms. The lowest BCUT2D eigenvalue weighted by Gasteiger charge is -2.29. The van der Waals surface area contributed by atoms with Crippen LogP contribution in [0.3, 0.4) is 0 Å². The van der Waals surface area contributed by atoms with E-state index in [1.54, 1.807) is 12.1 Å². The standard InChI is InChI=1S/C15H22FNO/c1-10-3-2-4-13(10)15(18)14(9-17)11-5-7-12(16)8-6-11/h5-8,10,13-15,18H,2-4,9,17H2,1H3. The predicted octanol–water partition coefficient (Wildman–Crippen LogP) is 2.67. The van der Waals surface area contributed by atoms with Gasteiger partial charge in [-0.15, -0.1) is 0 Å². The molecule has 1 saturated carbocycles. The van der Waals surface area contributed by atoms with Gasteiger partial charge in [0.15, 0.2) is 0 Å². The number of nitrogens with two attached hydrogens (primary N) is 1. The van der Waals surface area contributed by atoms with E-state index in [1.165, 1.54) is 25.0 Å². The van der Waals surface area contributed by atoms with Crippen molar-refractivity contribution in [2.75, 3.05) is 6.54 Å². The van der Waals surface area contributed by atoms with Crippen molar-refractivity contribution in [2.24, 2.45) is 17.6 Å². The molecule has 2 rings (SSSR count). The van der Waals surface area contributed by atoms with E-state index in [0.29, 0.717) is 18.4 Å². The molecule has 0 aromatic heterocycles. The highest BCUT2D eigenvalue weighted by molar-refractivity contribution is 5.22. The minimum atomic E-state index is -0.419. The fourth-order valence-corrected chi connectivity index (χ4v) is 3.16. The normalized spacial score (nSPS) is 27.1. The summed E-state index contributed by atoms with van der Waals surface area (Å²) in [6, 6.07) is 6.33. The van der Waals surface area contributed by atoms with Crippen molar-refractivity contribution in [3.63, 3.8) is 0 Å². The van der Waals surface area contributed by atoms with Gasteiger partial charge in [-0.05, 0) is 36.0 Å². The Hall–Kier alpha value is -0.930. The topological polar surface area (TPSA) is 46.2 Å². The van der Waals surface area contributed by atoms with E-state index in [2.05, 4.69) is 6.92 Å². The fraction of sp³-hybridized carbons (Fsp3) is 0.600. The van der Waals surface area contributed by atoms with Crippen molar-refractivity contribution in [2.45, 2.75) is 38.2 Å². The third-order valence-corrected chi connectivity index (χ3v) is 4.33. The first-order chi connectivity index (χ1) is 8.63. The Kier molecular flexibility index (Phi) is 4.36. The van der Waals surface area contributed by atoms with E-state index < -0.39 is 6.10 Å². The molecule has 0 saturated heterocycles. The molecule has 4 atom stereocenters. The summed E-state index contributed by atoms with van der Waals surface area (Å²) < 4.78 is 12.9. The van der Waals surface area contributed by atoms with Gasteiger partial charge in [0.05, 0.1) is 6.10 Å². The van der Waals surface area contributed by atoms with Crippen molar-refractivity contribution < 1.29 is 9.50 Å². The van der Waals surface area contributed by atoms with Gasteiger partial charge in [-0.25, -0.2) is 4.39 Å². The average molecular weight is 251 g/mol. The lowest BCUT2D eigenvalue weighted by atomic mass is 9.81. The van der Waals surface area contributed by atoms with Gasteiger partial charge in [0.25, 0.3) is 0 Å². The molecule has 1 aromatic rings. The van der Waals surface area contributed by atoms with Crippen LogP contribution in [0, 0.1) is 17.7 Å². The maximum atomic E-state index is 12.9. The monoisotopic (exact) mass is 251 g/mol. The zero-order chi connectivity index (χ0) is 13.1. The van der Waals surface area contributed by atoms with Gasteiger partial charge >= 0.3 is 0 Å². The average Bonchev–Trinajstić information content (AvgIpc) is 2.78. The van der Waals surface area contributed by atoms with Crippen molar-refractivity contribution in [3.05, 3.63) is 35.6 Å². The van der Waals surface area contributed by atoms with Gasteiger partial charge in [-0.1, -0.05) is 31.9 Å². The summed E-state index contributed by atoms with van der Waals surface area (Å²) >= 11 is 0. The van der Waals surface area contributed by atoms with Crippen LogP contribution in [0.2, 0.25) is 0 Å². The molecule has 100 valence electrons. The van der Waals surface area contributed by atoms with Crippen LogP contribution in [-0.4, -0.2) is 17.8 Å². The van der Waals surface area contributed by atoms with Crippen molar-refractivity contribution in [3.8, 4) is 0 Å². The molecule has 2 nitrogen and oxygen atoms in total. The van der Waals surface area contributed by atoms with Crippen LogP contribution in [0.15, 0.2) is 24.3 Å². The largest absolute Gasteiger partial charge is 0.392 e. The fourth-order valence-electron chi connectivity index (χ4n) is 3.16. The summed E-state index contributed by atoms with van der Waals surface area (Å²) in [5.41, 5.74) is 6.74. The number of aliphatic hydroxyl groups excluding tert-OH is 1. The minimum absolute atomic E-state index is 0.0869. The molecule has 1 aliphatic rings. The molecule has 0 heterocycles. The third kappa shape index (κ3) is 2.73. The Labute approximate surface area is 108 Å². The zero-order valence-electron chi connectivity index (χ0n) is 10.8. The maximum Gasteiger partial charge on any atom is 0.123 e. The van der Waals surface area contributed by atoms with Crippen LogP contribution >= 0.6 is 0 Å². The smallest absolute Gasteiger partial charge is 0.123 e. The summed E-state index contributed by atoms with van der Waals surface area (Å²) in [6.45, 7) is 2.59. The molecule has 1 fully saturated rings. The molecule has 1 aliphatic carbocycles. The van der Waals surface area contributed by atoms with Crippen LogP contribution in [0.5, 0.6) is 0 Å². The maximum absolute atomic E-state index is 12.9. The van der Waals surface area contributed by atoms with Gasteiger partial charge in [-0.2, -0.15) is 0 Å². The summed E-state index contributed by atoms with van der Waals surface area (Å²) in [7, 11) is 0. The Balaban J connectivity index is 2.14. The van der Waals surface area contributed by atoms with E-state index in [0.717, 1.165) is 12.0 Å². The molecule has 0 radical (unpaired) electrons. The lowest BCUT2D eigenvalue weighted by molar-refractivity contribution is 0.0664. The Morgan fingerprint density at radius 1 is 1.33 bits per heavy atom. The number of aliphatic hydroxyl groups is 1.